The SMILES string of the molecule is O=C(Cn1cnc(-c2ccccc2)cc1=O)N1CCC(CCCO)C1. The van der Waals surface area contributed by atoms with Crippen molar-refractivity contribution in [1.29, 1.82) is 0 Å². The largest absolute Gasteiger partial charge is 0.396 e. The van der Waals surface area contributed by atoms with Crippen LogP contribution in [0.2, 0.25) is 0 Å². The summed E-state index contributed by atoms with van der Waals surface area (Å²) in [6.45, 7) is 1.65. The Morgan fingerprint density at radius 2 is 2.08 bits per heavy atom. The monoisotopic (exact) mass is 341 g/mol. The summed E-state index contributed by atoms with van der Waals surface area (Å²) in [7, 11) is 0. The van der Waals surface area contributed by atoms with Crippen LogP contribution < -0.4 is 5.56 Å². The Morgan fingerprint density at radius 1 is 1.28 bits per heavy atom. The molecule has 1 fully saturated rings. The molecule has 2 aromatic rings. The maximum atomic E-state index is 12.4. The van der Waals surface area contributed by atoms with Crippen LogP contribution in [0, 0.1) is 5.92 Å². The normalized spacial score (nSPS) is 17.0. The van der Waals surface area contributed by atoms with Gasteiger partial charge in [-0.05, 0) is 25.2 Å². The number of aromatic nitrogens is 2. The molecule has 1 aliphatic rings. The second kappa shape index (κ2) is 8.07. The Bertz CT molecular complexity index is 773. The minimum atomic E-state index is -0.224. The fraction of sp³-hybridized carbons (Fsp3) is 0.421. The number of carbonyl (C=O) groups is 1. The summed E-state index contributed by atoms with van der Waals surface area (Å²) in [6, 6.07) is 11.0. The Hall–Kier alpha value is -2.47. The maximum Gasteiger partial charge on any atom is 0.254 e. The van der Waals surface area contributed by atoms with E-state index >= 15 is 0 Å². The van der Waals surface area contributed by atoms with Gasteiger partial charge in [-0.15, -0.1) is 0 Å². The Kier molecular flexibility index (Phi) is 5.60. The molecular weight excluding hydrogens is 318 g/mol. The highest BCUT2D eigenvalue weighted by molar-refractivity contribution is 5.76. The molecule has 1 aromatic carbocycles. The van der Waals surface area contributed by atoms with Gasteiger partial charge in [0.05, 0.1) is 12.0 Å². The van der Waals surface area contributed by atoms with Crippen molar-refractivity contribution in [1.82, 2.24) is 14.5 Å². The van der Waals surface area contributed by atoms with Crippen molar-refractivity contribution in [3.8, 4) is 11.3 Å². The number of aliphatic hydroxyl groups excluding tert-OH is 1. The lowest BCUT2D eigenvalue weighted by molar-refractivity contribution is -0.131. The average molecular weight is 341 g/mol. The van der Waals surface area contributed by atoms with E-state index in [-0.39, 0.29) is 24.6 Å². The van der Waals surface area contributed by atoms with Crippen LogP contribution >= 0.6 is 0 Å². The third kappa shape index (κ3) is 4.33. The van der Waals surface area contributed by atoms with Gasteiger partial charge in [0.25, 0.3) is 5.56 Å². The van der Waals surface area contributed by atoms with Gasteiger partial charge in [-0.1, -0.05) is 30.3 Å². The average Bonchev–Trinajstić information content (AvgIpc) is 3.11. The van der Waals surface area contributed by atoms with Gasteiger partial charge in [0, 0.05) is 31.3 Å². The molecule has 0 saturated carbocycles. The third-order valence-corrected chi connectivity index (χ3v) is 4.66. The summed E-state index contributed by atoms with van der Waals surface area (Å²) in [5.74, 6) is 0.397. The second-order valence-electron chi connectivity index (χ2n) is 6.47. The molecule has 1 saturated heterocycles. The highest BCUT2D eigenvalue weighted by Gasteiger charge is 2.25. The van der Waals surface area contributed by atoms with Crippen molar-refractivity contribution in [3.05, 3.63) is 53.1 Å². The van der Waals surface area contributed by atoms with E-state index in [0.717, 1.165) is 31.4 Å². The molecule has 1 amide bonds. The first-order valence-electron chi connectivity index (χ1n) is 8.68. The first-order valence-corrected chi connectivity index (χ1v) is 8.68. The summed E-state index contributed by atoms with van der Waals surface area (Å²) < 4.78 is 1.36. The molecule has 3 rings (SSSR count). The molecule has 1 aromatic heterocycles. The lowest BCUT2D eigenvalue weighted by Gasteiger charge is -2.17. The summed E-state index contributed by atoms with van der Waals surface area (Å²) in [5.41, 5.74) is 1.27. The first-order chi connectivity index (χ1) is 12.2. The predicted octanol–water partition coefficient (Wildman–Crippen LogP) is 1.53. The van der Waals surface area contributed by atoms with Crippen LogP contribution in [0.25, 0.3) is 11.3 Å². The molecule has 0 aliphatic carbocycles. The van der Waals surface area contributed by atoms with Crippen molar-refractivity contribution in [2.24, 2.45) is 5.92 Å². The zero-order valence-electron chi connectivity index (χ0n) is 14.2. The van der Waals surface area contributed by atoms with Gasteiger partial charge in [-0.3, -0.25) is 14.2 Å². The summed E-state index contributed by atoms with van der Waals surface area (Å²) in [4.78, 5) is 30.8. The van der Waals surface area contributed by atoms with Crippen LogP contribution in [0.15, 0.2) is 47.5 Å². The smallest absolute Gasteiger partial charge is 0.254 e. The standard InChI is InChI=1S/C19H23N3O3/c23-10-4-5-15-8-9-21(12-15)19(25)13-22-14-20-17(11-18(22)24)16-6-2-1-3-7-16/h1-3,6-7,11,14-15,23H,4-5,8-10,12-13H2. The molecule has 6 heteroatoms. The van der Waals surface area contributed by atoms with Gasteiger partial charge in [-0.25, -0.2) is 4.98 Å². The van der Waals surface area contributed by atoms with Gasteiger partial charge < -0.3 is 10.0 Å². The molecule has 25 heavy (non-hydrogen) atoms. The van der Waals surface area contributed by atoms with Gasteiger partial charge in [0.15, 0.2) is 0 Å². The number of benzene rings is 1. The molecule has 2 heterocycles. The van der Waals surface area contributed by atoms with E-state index in [0.29, 0.717) is 18.2 Å². The van der Waals surface area contributed by atoms with Crippen LogP contribution in [0.3, 0.4) is 0 Å². The predicted molar refractivity (Wildman–Crippen MR) is 94.9 cm³/mol. The van der Waals surface area contributed by atoms with Crippen molar-refractivity contribution >= 4 is 5.91 Å². The van der Waals surface area contributed by atoms with Crippen LogP contribution in [-0.4, -0.2) is 45.2 Å². The van der Waals surface area contributed by atoms with Gasteiger partial charge in [-0.2, -0.15) is 0 Å². The molecule has 1 aliphatic heterocycles. The lowest BCUT2D eigenvalue weighted by Crippen LogP contribution is -2.35. The molecule has 1 atom stereocenters. The quantitative estimate of drug-likeness (QED) is 0.865. The Morgan fingerprint density at radius 3 is 2.80 bits per heavy atom. The zero-order valence-corrected chi connectivity index (χ0v) is 14.2. The topological polar surface area (TPSA) is 75.4 Å². The van der Waals surface area contributed by atoms with Gasteiger partial charge >= 0.3 is 0 Å². The number of nitrogens with zero attached hydrogens (tertiary/aromatic N) is 3. The minimum absolute atomic E-state index is 0.0215. The van der Waals surface area contributed by atoms with Crippen LogP contribution in [0.1, 0.15) is 19.3 Å². The van der Waals surface area contributed by atoms with Crippen molar-refractivity contribution < 1.29 is 9.90 Å². The molecule has 1 unspecified atom stereocenters. The molecule has 0 radical (unpaired) electrons. The minimum Gasteiger partial charge on any atom is -0.396 e. The molecule has 6 nitrogen and oxygen atoms in total. The van der Waals surface area contributed by atoms with E-state index < -0.39 is 0 Å². The third-order valence-electron chi connectivity index (χ3n) is 4.66. The second-order valence-corrected chi connectivity index (χ2v) is 6.47. The fourth-order valence-corrected chi connectivity index (χ4v) is 3.23. The van der Waals surface area contributed by atoms with E-state index in [9.17, 15) is 9.59 Å². The Labute approximate surface area is 146 Å². The van der Waals surface area contributed by atoms with Crippen LogP contribution in [0.5, 0.6) is 0 Å². The van der Waals surface area contributed by atoms with E-state index in [1.54, 1.807) is 4.90 Å². The first kappa shape index (κ1) is 17.4. The van der Waals surface area contributed by atoms with E-state index in [1.807, 2.05) is 30.3 Å². The molecule has 0 spiro atoms. The maximum absolute atomic E-state index is 12.4. The van der Waals surface area contributed by atoms with Crippen LogP contribution in [0.4, 0.5) is 0 Å². The number of hydrogen-bond donors (Lipinski definition) is 1. The summed E-state index contributed by atoms with van der Waals surface area (Å²) in [5, 5.41) is 8.91. The highest BCUT2D eigenvalue weighted by Crippen LogP contribution is 2.21. The zero-order chi connectivity index (χ0) is 17.6. The Balaban J connectivity index is 1.63. The summed E-state index contributed by atoms with van der Waals surface area (Å²) >= 11 is 0. The van der Waals surface area contributed by atoms with Gasteiger partial charge in [0.1, 0.15) is 6.54 Å². The molecular formula is C19H23N3O3. The molecule has 132 valence electrons. The van der Waals surface area contributed by atoms with Crippen LogP contribution in [-0.2, 0) is 11.3 Å². The highest BCUT2D eigenvalue weighted by atomic mass is 16.3. The number of hydrogen-bond acceptors (Lipinski definition) is 4. The van der Waals surface area contributed by atoms with Crippen molar-refractivity contribution in [3.63, 3.8) is 0 Å². The number of rotatable bonds is 6. The molecule has 0 bridgehead atoms. The molecule has 1 N–H and O–H groups in total. The number of amides is 1. The number of likely N-dealkylation sites (tertiary alicyclic amines) is 1. The fourth-order valence-electron chi connectivity index (χ4n) is 3.23. The van der Waals surface area contributed by atoms with E-state index in [2.05, 4.69) is 4.98 Å². The lowest BCUT2D eigenvalue weighted by atomic mass is 10.0. The van der Waals surface area contributed by atoms with Gasteiger partial charge in [0.2, 0.25) is 5.91 Å². The number of carbonyl (C=O) groups excluding carboxylic acids is 1. The van der Waals surface area contributed by atoms with Crippen molar-refractivity contribution in [2.45, 2.75) is 25.8 Å². The number of aliphatic hydroxyl groups is 1. The van der Waals surface area contributed by atoms with E-state index in [4.69, 9.17) is 5.11 Å². The van der Waals surface area contributed by atoms with E-state index in [1.165, 1.54) is 17.0 Å². The summed E-state index contributed by atoms with van der Waals surface area (Å²) in [6.07, 6.45) is 4.12. The van der Waals surface area contributed by atoms with Crippen molar-refractivity contribution in [2.75, 3.05) is 19.7 Å².